The van der Waals surface area contributed by atoms with E-state index in [1.807, 2.05) is 67.6 Å². The number of carbonyl (C=O) groups is 1. The number of benzene rings is 5. The number of amidine groups is 1. The molecule has 0 radical (unpaired) electrons. The van der Waals surface area contributed by atoms with Crippen LogP contribution < -0.4 is 10.1 Å². The number of nitrogens with zero attached hydrogens (tertiary/aromatic N) is 1. The summed E-state index contributed by atoms with van der Waals surface area (Å²) >= 11 is 1.34. The molecule has 1 N–H and O–H groups in total. The molecule has 0 unspecified atom stereocenters. The Morgan fingerprint density at radius 2 is 1.51 bits per heavy atom. The number of aryl methyl sites for hydroxylation is 1. The van der Waals surface area contributed by atoms with Crippen LogP contribution in [0.5, 0.6) is 5.75 Å². The predicted octanol–water partition coefficient (Wildman–Crippen LogP) is 7.77. The van der Waals surface area contributed by atoms with Crippen LogP contribution >= 0.6 is 11.8 Å². The fourth-order valence-electron chi connectivity index (χ4n) is 4.47. The summed E-state index contributed by atoms with van der Waals surface area (Å²) in [6.45, 7) is 2.46. The van der Waals surface area contributed by atoms with E-state index < -0.39 is 0 Å². The Balaban J connectivity index is 1.35. The van der Waals surface area contributed by atoms with Gasteiger partial charge in [-0.2, -0.15) is 0 Å². The molecule has 0 bridgehead atoms. The normalized spacial score (nSPS) is 15.5. The van der Waals surface area contributed by atoms with Gasteiger partial charge in [0.25, 0.3) is 5.91 Å². The SMILES string of the molecule is Cc1ccc(N=C2NC(=O)/C(=C/c3c(OCc4cccc5ccccc45)ccc4ccccc34)S2)cc1. The number of aliphatic imine (C=N–C) groups is 1. The van der Waals surface area contributed by atoms with E-state index in [0.717, 1.165) is 33.3 Å². The fourth-order valence-corrected chi connectivity index (χ4v) is 5.30. The molecule has 5 aromatic carbocycles. The molecule has 4 nitrogen and oxygen atoms in total. The van der Waals surface area contributed by atoms with E-state index in [-0.39, 0.29) is 5.91 Å². The first-order valence-corrected chi connectivity index (χ1v) is 12.9. The Labute approximate surface area is 219 Å². The van der Waals surface area contributed by atoms with Crippen molar-refractivity contribution < 1.29 is 9.53 Å². The Kier molecular flexibility index (Phi) is 6.21. The van der Waals surface area contributed by atoms with Crippen LogP contribution in [0.15, 0.2) is 113 Å². The van der Waals surface area contributed by atoms with Crippen molar-refractivity contribution >= 4 is 56.1 Å². The lowest BCUT2D eigenvalue weighted by atomic mass is 10.0. The second-order valence-corrected chi connectivity index (χ2v) is 9.97. The molecule has 0 saturated carbocycles. The number of carbonyl (C=O) groups excluding carboxylic acids is 1. The van der Waals surface area contributed by atoms with Gasteiger partial charge in [0.15, 0.2) is 5.17 Å². The number of thioether (sulfide) groups is 1. The first kappa shape index (κ1) is 23.1. The maximum absolute atomic E-state index is 12.9. The highest BCUT2D eigenvalue weighted by Crippen LogP contribution is 2.35. The van der Waals surface area contributed by atoms with Crippen molar-refractivity contribution in [1.82, 2.24) is 5.32 Å². The van der Waals surface area contributed by atoms with Gasteiger partial charge < -0.3 is 10.1 Å². The summed E-state index contributed by atoms with van der Waals surface area (Å²) in [5.74, 6) is 0.570. The van der Waals surface area contributed by atoms with Crippen LogP contribution in [0, 0.1) is 6.92 Å². The van der Waals surface area contributed by atoms with Gasteiger partial charge in [-0.3, -0.25) is 4.79 Å². The Hall–Kier alpha value is -4.35. The van der Waals surface area contributed by atoms with Crippen LogP contribution in [-0.4, -0.2) is 11.1 Å². The Morgan fingerprint density at radius 3 is 2.32 bits per heavy atom. The van der Waals surface area contributed by atoms with Crippen LogP contribution in [0.25, 0.3) is 27.6 Å². The zero-order chi connectivity index (χ0) is 25.2. The maximum atomic E-state index is 12.9. The van der Waals surface area contributed by atoms with Gasteiger partial charge in [0.05, 0.1) is 10.6 Å². The molecule has 180 valence electrons. The topological polar surface area (TPSA) is 50.7 Å². The van der Waals surface area contributed by atoms with Crippen LogP contribution in [-0.2, 0) is 11.4 Å². The average molecular weight is 501 g/mol. The molecule has 5 heteroatoms. The highest BCUT2D eigenvalue weighted by Gasteiger charge is 2.25. The van der Waals surface area contributed by atoms with Gasteiger partial charge in [0.2, 0.25) is 0 Å². The van der Waals surface area contributed by atoms with Gasteiger partial charge in [0, 0.05) is 5.56 Å². The number of hydrogen-bond donors (Lipinski definition) is 1. The summed E-state index contributed by atoms with van der Waals surface area (Å²) in [4.78, 5) is 18.1. The van der Waals surface area contributed by atoms with E-state index in [9.17, 15) is 4.79 Å². The van der Waals surface area contributed by atoms with Crippen LogP contribution in [0.4, 0.5) is 5.69 Å². The lowest BCUT2D eigenvalue weighted by Crippen LogP contribution is -2.19. The molecule has 1 aliphatic rings. The molecule has 1 fully saturated rings. The summed E-state index contributed by atoms with van der Waals surface area (Å²) < 4.78 is 6.40. The van der Waals surface area contributed by atoms with E-state index in [4.69, 9.17) is 4.74 Å². The average Bonchev–Trinajstić information content (AvgIpc) is 3.27. The smallest absolute Gasteiger partial charge is 0.264 e. The first-order chi connectivity index (χ1) is 18.1. The highest BCUT2D eigenvalue weighted by molar-refractivity contribution is 8.18. The quantitative estimate of drug-likeness (QED) is 0.251. The molecular formula is C32H24N2O2S. The summed E-state index contributed by atoms with van der Waals surface area (Å²) in [6.07, 6.45) is 1.92. The Morgan fingerprint density at radius 1 is 0.811 bits per heavy atom. The lowest BCUT2D eigenvalue weighted by molar-refractivity contribution is -0.115. The van der Waals surface area contributed by atoms with E-state index >= 15 is 0 Å². The molecule has 0 aliphatic carbocycles. The van der Waals surface area contributed by atoms with Crippen LogP contribution in [0.1, 0.15) is 16.7 Å². The molecule has 5 aromatic rings. The maximum Gasteiger partial charge on any atom is 0.264 e. The van der Waals surface area contributed by atoms with Crippen LogP contribution in [0.3, 0.4) is 0 Å². The highest BCUT2D eigenvalue weighted by atomic mass is 32.2. The molecule has 1 heterocycles. The van der Waals surface area contributed by atoms with E-state index in [2.05, 4.69) is 58.8 Å². The number of ether oxygens (including phenoxy) is 1. The zero-order valence-electron chi connectivity index (χ0n) is 20.3. The minimum Gasteiger partial charge on any atom is -0.488 e. The third-order valence-corrected chi connectivity index (χ3v) is 7.29. The van der Waals surface area contributed by atoms with E-state index in [1.165, 1.54) is 28.1 Å². The van der Waals surface area contributed by atoms with Gasteiger partial charge >= 0.3 is 0 Å². The molecule has 0 atom stereocenters. The number of amides is 1. The summed E-state index contributed by atoms with van der Waals surface area (Å²) in [7, 11) is 0. The van der Waals surface area contributed by atoms with Gasteiger partial charge in [-0.05, 0) is 70.1 Å². The van der Waals surface area contributed by atoms with Crippen LogP contribution in [0.2, 0.25) is 0 Å². The fraction of sp³-hybridized carbons (Fsp3) is 0.0625. The largest absolute Gasteiger partial charge is 0.488 e. The second-order valence-electron chi connectivity index (χ2n) is 8.94. The molecule has 1 saturated heterocycles. The van der Waals surface area contributed by atoms with E-state index in [1.54, 1.807) is 0 Å². The number of nitrogens with one attached hydrogen (secondary N) is 1. The minimum absolute atomic E-state index is 0.163. The molecule has 6 rings (SSSR count). The van der Waals surface area contributed by atoms with Crippen molar-refractivity contribution in [2.45, 2.75) is 13.5 Å². The predicted molar refractivity (Wildman–Crippen MR) is 154 cm³/mol. The molecule has 0 aromatic heterocycles. The monoisotopic (exact) mass is 500 g/mol. The van der Waals surface area contributed by atoms with Crippen molar-refractivity contribution in [3.63, 3.8) is 0 Å². The number of fused-ring (bicyclic) bond motifs is 2. The molecule has 1 aliphatic heterocycles. The molecule has 1 amide bonds. The number of hydrogen-bond acceptors (Lipinski definition) is 4. The number of rotatable bonds is 5. The van der Waals surface area contributed by atoms with Crippen molar-refractivity contribution in [3.8, 4) is 5.75 Å². The molecule has 37 heavy (non-hydrogen) atoms. The van der Waals surface area contributed by atoms with Gasteiger partial charge in [-0.15, -0.1) is 0 Å². The summed E-state index contributed by atoms with van der Waals surface area (Å²) in [6, 6.07) is 34.7. The second kappa shape index (κ2) is 9.96. The first-order valence-electron chi connectivity index (χ1n) is 12.1. The third-order valence-electron chi connectivity index (χ3n) is 6.38. The van der Waals surface area contributed by atoms with Gasteiger partial charge in [0.1, 0.15) is 12.4 Å². The summed E-state index contributed by atoms with van der Waals surface area (Å²) in [5.41, 5.74) is 3.97. The zero-order valence-corrected chi connectivity index (χ0v) is 21.1. The molecule has 0 spiro atoms. The van der Waals surface area contributed by atoms with E-state index in [0.29, 0.717) is 16.7 Å². The van der Waals surface area contributed by atoms with Crippen molar-refractivity contribution in [3.05, 3.63) is 125 Å². The summed E-state index contributed by atoms with van der Waals surface area (Å²) in [5, 5.41) is 7.94. The van der Waals surface area contributed by atoms with Crippen molar-refractivity contribution in [2.75, 3.05) is 0 Å². The third kappa shape index (κ3) is 4.86. The lowest BCUT2D eigenvalue weighted by Gasteiger charge is -2.14. The van der Waals surface area contributed by atoms with Gasteiger partial charge in [-0.1, -0.05) is 90.5 Å². The van der Waals surface area contributed by atoms with Crippen molar-refractivity contribution in [2.24, 2.45) is 4.99 Å². The van der Waals surface area contributed by atoms with Gasteiger partial charge in [-0.25, -0.2) is 4.99 Å². The standard InChI is InChI=1S/C32H24N2O2S/c1-21-13-16-25(17-14-21)33-32-34-31(35)30(37-32)19-28-27-12-5-3-8-23(27)15-18-29(28)36-20-24-10-6-9-22-7-2-4-11-26(22)24/h2-19H,20H2,1H3,(H,33,34,35)/b30-19-. The van der Waals surface area contributed by atoms with Crippen molar-refractivity contribution in [1.29, 1.82) is 0 Å². The minimum atomic E-state index is -0.163. The molecular weight excluding hydrogens is 476 g/mol. The Bertz CT molecular complexity index is 1700.